The summed E-state index contributed by atoms with van der Waals surface area (Å²) >= 11 is -5.23. The molecule has 0 fully saturated rings. The number of carbonyl (C=O) groups is 4. The van der Waals surface area contributed by atoms with Crippen LogP contribution in [-0.2, 0) is 50.6 Å². The molecule has 0 spiro atoms. The molecule has 0 aliphatic rings. The van der Waals surface area contributed by atoms with Gasteiger partial charge in [-0.15, -0.1) is 0 Å². The Morgan fingerprint density at radius 1 is 0.696 bits per heavy atom. The van der Waals surface area contributed by atoms with Gasteiger partial charge >= 0.3 is 141 Å². The zero-order valence-electron chi connectivity index (χ0n) is 14.3. The SMILES string of the molecule is CCC(=O)[O][Ti]([O]C(=O)CC)([O]C(=O)C(C)C)[O]C(=O)C(C)C. The van der Waals surface area contributed by atoms with Crippen LogP contribution in [0, 0.1) is 11.8 Å². The van der Waals surface area contributed by atoms with Gasteiger partial charge in [0.25, 0.3) is 0 Å². The van der Waals surface area contributed by atoms with E-state index in [0.29, 0.717) is 0 Å². The molecule has 0 rings (SSSR count). The van der Waals surface area contributed by atoms with Crippen LogP contribution in [0.4, 0.5) is 0 Å². The molecule has 0 amide bonds. The van der Waals surface area contributed by atoms with Crippen molar-refractivity contribution in [2.75, 3.05) is 0 Å². The van der Waals surface area contributed by atoms with Crippen molar-refractivity contribution in [3.05, 3.63) is 0 Å². The fraction of sp³-hybridized carbons (Fsp3) is 0.714. The standard InChI is InChI=1S/2C4H8O2.2C3H6O2.Ti/c2*1-3(2)4(5)6;2*1-2-3(4)5;/h2*3H,1-2H3,(H,5,6);2*2H2,1H3,(H,4,5);/q;;;;+4/p-4. The minimum atomic E-state index is -5.23. The average molecular weight is 368 g/mol. The van der Waals surface area contributed by atoms with E-state index < -0.39 is 53.9 Å². The van der Waals surface area contributed by atoms with E-state index in [-0.39, 0.29) is 12.8 Å². The zero-order chi connectivity index (χ0) is 18.2. The second kappa shape index (κ2) is 9.67. The first kappa shape index (κ1) is 21.6. The normalized spacial score (nSPS) is 11.1. The van der Waals surface area contributed by atoms with E-state index in [9.17, 15) is 19.2 Å². The van der Waals surface area contributed by atoms with Gasteiger partial charge in [-0.05, 0) is 0 Å². The first-order chi connectivity index (χ1) is 10.6. The molecule has 0 aliphatic carbocycles. The summed E-state index contributed by atoms with van der Waals surface area (Å²) < 4.78 is 20.2. The number of rotatable bonds is 8. The molecule has 23 heavy (non-hydrogen) atoms. The van der Waals surface area contributed by atoms with E-state index in [0.717, 1.165) is 0 Å². The van der Waals surface area contributed by atoms with Crippen molar-refractivity contribution in [2.45, 2.75) is 54.4 Å². The van der Waals surface area contributed by atoms with Crippen molar-refractivity contribution in [2.24, 2.45) is 11.8 Å². The summed E-state index contributed by atoms with van der Waals surface area (Å²) in [4.78, 5) is 47.1. The van der Waals surface area contributed by atoms with Crippen LogP contribution in [0.1, 0.15) is 54.4 Å². The first-order valence-corrected chi connectivity index (χ1v) is 10.0. The third-order valence-electron chi connectivity index (χ3n) is 2.45. The molecule has 8 nitrogen and oxygen atoms in total. The summed E-state index contributed by atoms with van der Waals surface area (Å²) in [7, 11) is 0. The summed E-state index contributed by atoms with van der Waals surface area (Å²) in [5, 5.41) is 0. The van der Waals surface area contributed by atoms with Crippen molar-refractivity contribution in [3.8, 4) is 0 Å². The van der Waals surface area contributed by atoms with Gasteiger partial charge in [-0.25, -0.2) is 0 Å². The van der Waals surface area contributed by atoms with Gasteiger partial charge < -0.3 is 0 Å². The Morgan fingerprint density at radius 3 is 1.22 bits per heavy atom. The predicted octanol–water partition coefficient (Wildman–Crippen LogP) is 2.11. The Labute approximate surface area is 141 Å². The fourth-order valence-corrected chi connectivity index (χ4v) is 4.25. The fourth-order valence-electron chi connectivity index (χ4n) is 1.03. The Morgan fingerprint density at radius 2 is 1.00 bits per heavy atom. The van der Waals surface area contributed by atoms with Crippen LogP contribution in [0.5, 0.6) is 0 Å². The van der Waals surface area contributed by atoms with Gasteiger partial charge in [0.2, 0.25) is 0 Å². The zero-order valence-corrected chi connectivity index (χ0v) is 15.9. The van der Waals surface area contributed by atoms with Gasteiger partial charge in [-0.3, -0.25) is 0 Å². The van der Waals surface area contributed by atoms with E-state index in [4.69, 9.17) is 13.3 Å². The van der Waals surface area contributed by atoms with E-state index in [1.165, 1.54) is 13.8 Å². The maximum atomic E-state index is 11.9. The summed E-state index contributed by atoms with van der Waals surface area (Å²) in [6.45, 7) is 9.19. The Balaban J connectivity index is 5.66. The molecule has 0 aliphatic heterocycles. The number of hydrogen-bond acceptors (Lipinski definition) is 8. The summed E-state index contributed by atoms with van der Waals surface area (Å²) in [5.74, 6) is -4.32. The second-order valence-corrected chi connectivity index (χ2v) is 8.14. The predicted molar refractivity (Wildman–Crippen MR) is 74.6 cm³/mol. The third-order valence-corrected chi connectivity index (χ3v) is 5.35. The van der Waals surface area contributed by atoms with Crippen molar-refractivity contribution in [3.63, 3.8) is 0 Å². The Bertz CT molecular complexity index is 416. The molecule has 0 aromatic heterocycles. The van der Waals surface area contributed by atoms with Gasteiger partial charge in [0.1, 0.15) is 0 Å². The molecule has 132 valence electrons. The van der Waals surface area contributed by atoms with Crippen molar-refractivity contribution in [1.82, 2.24) is 0 Å². The van der Waals surface area contributed by atoms with Crippen LogP contribution >= 0.6 is 0 Å². The minimum absolute atomic E-state index is 0.0604. The van der Waals surface area contributed by atoms with Crippen LogP contribution in [0.25, 0.3) is 0 Å². The molecule has 0 aromatic carbocycles. The third kappa shape index (κ3) is 7.61. The van der Waals surface area contributed by atoms with Gasteiger partial charge in [0.05, 0.1) is 0 Å². The molecule has 9 heteroatoms. The van der Waals surface area contributed by atoms with Crippen LogP contribution in [0.2, 0.25) is 0 Å². The first-order valence-electron chi connectivity index (χ1n) is 7.46. The summed E-state index contributed by atoms with van der Waals surface area (Å²) in [6, 6.07) is 0. The van der Waals surface area contributed by atoms with E-state index >= 15 is 0 Å². The molecule has 0 heterocycles. The number of carbonyl (C=O) groups excluding carboxylic acids is 4. The average Bonchev–Trinajstić information content (AvgIpc) is 2.46. The van der Waals surface area contributed by atoms with Crippen molar-refractivity contribution in [1.29, 1.82) is 0 Å². The quantitative estimate of drug-likeness (QED) is 0.600. The van der Waals surface area contributed by atoms with Crippen LogP contribution < -0.4 is 0 Å². The molecule has 0 atom stereocenters. The Kier molecular flexibility index (Phi) is 9.08. The molecular formula is C14H24O8Ti. The van der Waals surface area contributed by atoms with Gasteiger partial charge in [0.15, 0.2) is 0 Å². The molecule has 0 N–H and O–H groups in total. The summed E-state index contributed by atoms with van der Waals surface area (Å²) in [6.07, 6.45) is -0.121. The van der Waals surface area contributed by atoms with Gasteiger partial charge in [0, 0.05) is 0 Å². The summed E-state index contributed by atoms with van der Waals surface area (Å²) in [5.41, 5.74) is 0. The second-order valence-electron chi connectivity index (χ2n) is 5.31. The monoisotopic (exact) mass is 368 g/mol. The van der Waals surface area contributed by atoms with Crippen LogP contribution in [0.3, 0.4) is 0 Å². The van der Waals surface area contributed by atoms with Crippen LogP contribution in [0.15, 0.2) is 0 Å². The van der Waals surface area contributed by atoms with Gasteiger partial charge in [-0.2, -0.15) is 0 Å². The molecule has 0 saturated carbocycles. The van der Waals surface area contributed by atoms with E-state index in [2.05, 4.69) is 0 Å². The molecule has 0 bridgehead atoms. The topological polar surface area (TPSA) is 105 Å². The molecule has 0 unspecified atom stereocenters. The van der Waals surface area contributed by atoms with Crippen molar-refractivity contribution >= 4 is 23.9 Å². The van der Waals surface area contributed by atoms with Crippen molar-refractivity contribution < 1.29 is 50.6 Å². The van der Waals surface area contributed by atoms with E-state index in [1.54, 1.807) is 27.7 Å². The molecule has 0 saturated heterocycles. The molecular weight excluding hydrogens is 344 g/mol. The van der Waals surface area contributed by atoms with Gasteiger partial charge in [-0.1, -0.05) is 0 Å². The molecule has 0 radical (unpaired) electrons. The molecule has 0 aromatic rings. The maximum absolute atomic E-state index is 11.9. The van der Waals surface area contributed by atoms with E-state index in [1.807, 2.05) is 0 Å². The van der Waals surface area contributed by atoms with Crippen LogP contribution in [-0.4, -0.2) is 23.9 Å². The Hall–Kier alpha value is -1.41. The number of hydrogen-bond donors (Lipinski definition) is 0.